The Morgan fingerprint density at radius 3 is 2.03 bits per heavy atom. The summed E-state index contributed by atoms with van der Waals surface area (Å²) in [6, 6.07) is 13.8. The number of Topliss-reactive ketones (excluding diaryl/α,β-unsaturated/α-hetero) is 1. The normalized spacial score (nSPS) is 16.7. The van der Waals surface area contributed by atoms with Crippen molar-refractivity contribution in [1.82, 2.24) is 9.80 Å². The van der Waals surface area contributed by atoms with Gasteiger partial charge in [-0.2, -0.15) is 0 Å². The average Bonchev–Trinajstić information content (AvgIpc) is 3.21. The maximum Gasteiger partial charge on any atom is 0.295 e. The minimum absolute atomic E-state index is 0.113. The molecule has 212 valence electrons. The first-order valence-corrected chi connectivity index (χ1v) is 14.4. The van der Waals surface area contributed by atoms with Crippen LogP contribution >= 0.6 is 0 Å². The van der Waals surface area contributed by atoms with Crippen molar-refractivity contribution in [1.29, 1.82) is 0 Å². The third-order valence-electron chi connectivity index (χ3n) is 7.12. The molecule has 1 heterocycles. The molecule has 0 spiro atoms. The fourth-order valence-corrected chi connectivity index (χ4v) is 4.83. The third kappa shape index (κ3) is 7.85. The van der Waals surface area contributed by atoms with Crippen LogP contribution in [0.25, 0.3) is 5.76 Å². The first-order chi connectivity index (χ1) is 18.9. The monoisotopic (exact) mass is 536 g/mol. The van der Waals surface area contributed by atoms with Gasteiger partial charge in [-0.3, -0.25) is 9.59 Å². The van der Waals surface area contributed by atoms with E-state index in [1.807, 2.05) is 31.2 Å². The van der Waals surface area contributed by atoms with Gasteiger partial charge in [-0.25, -0.2) is 0 Å². The van der Waals surface area contributed by atoms with Crippen LogP contribution < -0.4 is 9.47 Å². The summed E-state index contributed by atoms with van der Waals surface area (Å²) >= 11 is 0. The molecule has 0 aromatic heterocycles. The fourth-order valence-electron chi connectivity index (χ4n) is 4.83. The zero-order valence-corrected chi connectivity index (χ0v) is 23.9. The van der Waals surface area contributed by atoms with Gasteiger partial charge in [0.1, 0.15) is 17.3 Å². The highest BCUT2D eigenvalue weighted by Crippen LogP contribution is 2.40. The van der Waals surface area contributed by atoms with Crippen LogP contribution in [0.4, 0.5) is 0 Å². The zero-order valence-electron chi connectivity index (χ0n) is 23.9. The van der Waals surface area contributed by atoms with Crippen molar-refractivity contribution in [2.24, 2.45) is 0 Å². The SMILES string of the molecule is CCCCCOc1ccc([C@@H]2C(=C(O)c3ccc(OCCC)cc3)C(=O)C(=O)N2CCCN(CC)CC)cc1. The molecule has 1 saturated heterocycles. The van der Waals surface area contributed by atoms with Gasteiger partial charge in [-0.15, -0.1) is 0 Å². The zero-order chi connectivity index (χ0) is 28.2. The van der Waals surface area contributed by atoms with E-state index in [2.05, 4.69) is 25.7 Å². The van der Waals surface area contributed by atoms with Crippen molar-refractivity contribution in [2.75, 3.05) is 39.4 Å². The number of carbonyl (C=O) groups excluding carboxylic acids is 2. The lowest BCUT2D eigenvalue weighted by Crippen LogP contribution is -2.33. The quantitative estimate of drug-likeness (QED) is 0.119. The van der Waals surface area contributed by atoms with Crippen LogP contribution in [0.2, 0.25) is 0 Å². The smallest absolute Gasteiger partial charge is 0.295 e. The summed E-state index contributed by atoms with van der Waals surface area (Å²) in [4.78, 5) is 30.5. The van der Waals surface area contributed by atoms with E-state index in [4.69, 9.17) is 9.47 Å². The topological polar surface area (TPSA) is 79.3 Å². The Morgan fingerprint density at radius 1 is 0.821 bits per heavy atom. The van der Waals surface area contributed by atoms with E-state index in [9.17, 15) is 14.7 Å². The number of likely N-dealkylation sites (tertiary alicyclic amines) is 1. The van der Waals surface area contributed by atoms with Gasteiger partial charge < -0.3 is 24.4 Å². The number of benzene rings is 2. The van der Waals surface area contributed by atoms with Crippen LogP contribution in [0, 0.1) is 0 Å². The maximum atomic E-state index is 13.3. The van der Waals surface area contributed by atoms with Crippen LogP contribution in [-0.4, -0.2) is 66.0 Å². The summed E-state index contributed by atoms with van der Waals surface area (Å²) in [5.74, 6) is 0.0225. The van der Waals surface area contributed by atoms with Gasteiger partial charge in [-0.1, -0.05) is 52.7 Å². The predicted octanol–water partition coefficient (Wildman–Crippen LogP) is 6.20. The van der Waals surface area contributed by atoms with Crippen LogP contribution in [0.3, 0.4) is 0 Å². The van der Waals surface area contributed by atoms with E-state index in [1.54, 1.807) is 29.2 Å². The molecule has 1 N–H and O–H groups in total. The molecule has 0 bridgehead atoms. The van der Waals surface area contributed by atoms with Crippen molar-refractivity contribution in [3.63, 3.8) is 0 Å². The molecule has 3 rings (SSSR count). The molecule has 1 atom stereocenters. The summed E-state index contributed by atoms with van der Waals surface area (Å²) in [5, 5.41) is 11.3. The lowest BCUT2D eigenvalue weighted by atomic mass is 9.95. The summed E-state index contributed by atoms with van der Waals surface area (Å²) in [5.41, 5.74) is 1.35. The highest BCUT2D eigenvalue weighted by atomic mass is 16.5. The fraction of sp³-hybridized carbons (Fsp3) is 0.500. The highest BCUT2D eigenvalue weighted by molar-refractivity contribution is 6.46. The maximum absolute atomic E-state index is 13.3. The van der Waals surface area contributed by atoms with E-state index in [-0.39, 0.29) is 11.3 Å². The second-order valence-electron chi connectivity index (χ2n) is 9.87. The van der Waals surface area contributed by atoms with E-state index in [1.165, 1.54) is 0 Å². The number of hydrogen-bond acceptors (Lipinski definition) is 6. The molecule has 1 fully saturated rings. The van der Waals surface area contributed by atoms with Crippen molar-refractivity contribution >= 4 is 17.4 Å². The van der Waals surface area contributed by atoms with Crippen molar-refractivity contribution in [2.45, 2.75) is 65.8 Å². The molecular weight excluding hydrogens is 492 g/mol. The molecule has 1 aliphatic rings. The largest absolute Gasteiger partial charge is 0.507 e. The Morgan fingerprint density at radius 2 is 1.44 bits per heavy atom. The molecule has 2 aromatic carbocycles. The summed E-state index contributed by atoms with van der Waals surface area (Å²) in [7, 11) is 0. The molecule has 7 heteroatoms. The molecular formula is C32H44N2O5. The summed E-state index contributed by atoms with van der Waals surface area (Å²) in [6.07, 6.45) is 4.86. The minimum Gasteiger partial charge on any atom is -0.507 e. The predicted molar refractivity (Wildman–Crippen MR) is 155 cm³/mol. The lowest BCUT2D eigenvalue weighted by Gasteiger charge is -2.27. The van der Waals surface area contributed by atoms with Crippen molar-refractivity contribution in [3.05, 3.63) is 65.2 Å². The molecule has 7 nitrogen and oxygen atoms in total. The number of aliphatic hydroxyl groups excluding tert-OH is 1. The number of ether oxygens (including phenoxy) is 2. The Kier molecular flexibility index (Phi) is 11.9. The molecule has 1 aliphatic heterocycles. The molecule has 0 radical (unpaired) electrons. The first-order valence-electron chi connectivity index (χ1n) is 14.4. The molecule has 1 amide bonds. The lowest BCUT2D eigenvalue weighted by molar-refractivity contribution is -0.140. The van der Waals surface area contributed by atoms with Crippen molar-refractivity contribution < 1.29 is 24.2 Å². The summed E-state index contributed by atoms with van der Waals surface area (Å²) in [6.45, 7) is 12.8. The second kappa shape index (κ2) is 15.3. The van der Waals surface area contributed by atoms with E-state index in [0.717, 1.165) is 63.1 Å². The molecule has 39 heavy (non-hydrogen) atoms. The van der Waals surface area contributed by atoms with Gasteiger partial charge in [0.05, 0.1) is 24.8 Å². The van der Waals surface area contributed by atoms with Gasteiger partial charge in [0.2, 0.25) is 0 Å². The van der Waals surface area contributed by atoms with Gasteiger partial charge in [0.15, 0.2) is 0 Å². The Labute approximate surface area is 233 Å². The van der Waals surface area contributed by atoms with E-state index < -0.39 is 17.7 Å². The number of aliphatic hydroxyl groups is 1. The molecule has 0 aliphatic carbocycles. The Bertz CT molecular complexity index is 1090. The minimum atomic E-state index is -0.674. The number of nitrogens with zero attached hydrogens (tertiary/aromatic N) is 2. The van der Waals surface area contributed by atoms with Crippen molar-refractivity contribution in [3.8, 4) is 11.5 Å². The van der Waals surface area contributed by atoms with Crippen LogP contribution in [0.15, 0.2) is 54.1 Å². The number of hydrogen-bond donors (Lipinski definition) is 1. The van der Waals surface area contributed by atoms with Gasteiger partial charge >= 0.3 is 0 Å². The number of carbonyl (C=O) groups is 2. The Hall–Kier alpha value is -3.32. The second-order valence-corrected chi connectivity index (χ2v) is 9.87. The standard InChI is InChI=1S/C32H44N2O5/c1-5-9-10-23-39-27-16-12-24(13-17-27)29-28(30(35)25-14-18-26(19-15-25)38-22-6-2)31(36)32(37)34(29)21-11-20-33(7-3)8-4/h12-19,29,35H,5-11,20-23H2,1-4H3/t29-/m1/s1. The summed E-state index contributed by atoms with van der Waals surface area (Å²) < 4.78 is 11.5. The van der Waals surface area contributed by atoms with Crippen LogP contribution in [0.1, 0.15) is 77.0 Å². The Balaban J connectivity index is 1.93. The number of amides is 1. The highest BCUT2D eigenvalue weighted by Gasteiger charge is 2.45. The molecule has 0 unspecified atom stereocenters. The van der Waals surface area contributed by atoms with Gasteiger partial charge in [-0.05, 0) is 80.9 Å². The van der Waals surface area contributed by atoms with E-state index >= 15 is 0 Å². The van der Waals surface area contributed by atoms with Gasteiger partial charge in [0.25, 0.3) is 11.7 Å². The van der Waals surface area contributed by atoms with Crippen LogP contribution in [0.5, 0.6) is 11.5 Å². The van der Waals surface area contributed by atoms with E-state index in [0.29, 0.717) is 31.1 Å². The number of rotatable bonds is 16. The first kappa shape index (κ1) is 30.2. The third-order valence-corrected chi connectivity index (χ3v) is 7.12. The van der Waals surface area contributed by atoms with Gasteiger partial charge in [0, 0.05) is 12.1 Å². The average molecular weight is 537 g/mol. The number of unbranched alkanes of at least 4 members (excludes halogenated alkanes) is 2. The number of ketones is 1. The van der Waals surface area contributed by atoms with Crippen LogP contribution in [-0.2, 0) is 9.59 Å². The molecule has 0 saturated carbocycles. The molecule has 2 aromatic rings.